The number of likely N-dealkylation sites (tertiary alicyclic amines) is 1. The van der Waals surface area contributed by atoms with E-state index in [1.165, 1.54) is 18.2 Å². The van der Waals surface area contributed by atoms with E-state index in [1.807, 2.05) is 99.3 Å². The van der Waals surface area contributed by atoms with Crippen LogP contribution in [0, 0.1) is 11.3 Å². The third kappa shape index (κ3) is 7.20. The summed E-state index contributed by atoms with van der Waals surface area (Å²) in [6.07, 6.45) is 3.33. The Bertz CT molecular complexity index is 1060. The molecule has 1 aromatic heterocycles. The number of nitrogens with zero attached hydrogens (tertiary/aromatic N) is 3. The van der Waals surface area contributed by atoms with Crippen molar-refractivity contribution in [3.8, 4) is 28.5 Å². The number of thioether (sulfide) groups is 1. The first kappa shape index (κ1) is 27.1. The van der Waals surface area contributed by atoms with Crippen LogP contribution in [0.3, 0.4) is 0 Å². The van der Waals surface area contributed by atoms with Crippen LogP contribution in [0.5, 0.6) is 0 Å². The molecule has 0 bridgehead atoms. The zero-order valence-electron chi connectivity index (χ0n) is 20.8. The first-order valence-corrected chi connectivity index (χ1v) is 13.2. The van der Waals surface area contributed by atoms with Gasteiger partial charge in [0.1, 0.15) is 11.1 Å². The van der Waals surface area contributed by atoms with Crippen molar-refractivity contribution in [3.05, 3.63) is 72.3 Å². The highest BCUT2D eigenvalue weighted by Crippen LogP contribution is 2.34. The van der Waals surface area contributed by atoms with Crippen molar-refractivity contribution in [3.63, 3.8) is 0 Å². The van der Waals surface area contributed by atoms with Gasteiger partial charge in [-0.3, -0.25) is 4.79 Å². The van der Waals surface area contributed by atoms with E-state index in [1.54, 1.807) is 0 Å². The maximum atomic E-state index is 12.7. The Hall–Kier alpha value is -3.10. The van der Waals surface area contributed by atoms with E-state index in [0.717, 1.165) is 48.3 Å². The topological polar surface area (TPSA) is 57.0 Å². The Morgan fingerprint density at radius 1 is 0.912 bits per heavy atom. The molecule has 2 aromatic carbocycles. The van der Waals surface area contributed by atoms with Gasteiger partial charge in [-0.15, -0.1) is 0 Å². The standard InChI is InChI=1S/C25H23N3OS.2C2H6/c26-17-22-21(19-10-4-1-5-11-19)16-23(20-12-6-2-7-13-20)27-25(22)30-18-24(29)28-14-8-3-9-15-28;2*1-2/h1-2,4-7,10-13,16H,3,8-9,14-15,18H2;2*1-2H3. The van der Waals surface area contributed by atoms with E-state index in [4.69, 9.17) is 4.98 Å². The van der Waals surface area contributed by atoms with E-state index >= 15 is 0 Å². The van der Waals surface area contributed by atoms with Gasteiger partial charge in [0.25, 0.3) is 0 Å². The second kappa shape index (κ2) is 14.9. The predicted octanol–water partition coefficient (Wildman–Crippen LogP) is 7.44. The fourth-order valence-electron chi connectivity index (χ4n) is 3.70. The molecule has 0 N–H and O–H groups in total. The molecule has 0 radical (unpaired) electrons. The lowest BCUT2D eigenvalue weighted by Gasteiger charge is -2.26. The van der Waals surface area contributed by atoms with Crippen molar-refractivity contribution in [2.75, 3.05) is 18.8 Å². The number of aromatic nitrogens is 1. The van der Waals surface area contributed by atoms with Crippen molar-refractivity contribution in [1.29, 1.82) is 5.26 Å². The number of carbonyl (C=O) groups is 1. The van der Waals surface area contributed by atoms with Crippen LogP contribution in [0.4, 0.5) is 0 Å². The van der Waals surface area contributed by atoms with Gasteiger partial charge in [0.2, 0.25) is 5.91 Å². The molecular formula is C29H35N3OS. The summed E-state index contributed by atoms with van der Waals surface area (Å²) in [5.74, 6) is 0.422. The average Bonchev–Trinajstić information content (AvgIpc) is 2.94. The molecule has 178 valence electrons. The molecular weight excluding hydrogens is 438 g/mol. The largest absolute Gasteiger partial charge is 0.342 e. The molecule has 4 nitrogen and oxygen atoms in total. The van der Waals surface area contributed by atoms with Gasteiger partial charge in [0.15, 0.2) is 0 Å². The molecule has 2 heterocycles. The lowest BCUT2D eigenvalue weighted by molar-refractivity contribution is -0.129. The molecule has 0 spiro atoms. The van der Waals surface area contributed by atoms with Gasteiger partial charge < -0.3 is 4.90 Å². The smallest absolute Gasteiger partial charge is 0.232 e. The second-order valence-electron chi connectivity index (χ2n) is 7.31. The summed E-state index contributed by atoms with van der Waals surface area (Å²) in [6.45, 7) is 9.66. The maximum Gasteiger partial charge on any atom is 0.232 e. The Labute approximate surface area is 209 Å². The normalized spacial score (nSPS) is 12.4. The number of benzene rings is 2. The SMILES string of the molecule is CC.CC.N#Cc1c(-c2ccccc2)cc(-c2ccccc2)nc1SCC(=O)N1CCCCC1. The number of nitriles is 1. The van der Waals surface area contributed by atoms with E-state index < -0.39 is 0 Å². The highest BCUT2D eigenvalue weighted by atomic mass is 32.2. The minimum absolute atomic E-state index is 0.122. The van der Waals surface area contributed by atoms with Crippen LogP contribution >= 0.6 is 11.8 Å². The van der Waals surface area contributed by atoms with Gasteiger partial charge in [-0.2, -0.15) is 5.26 Å². The van der Waals surface area contributed by atoms with Crippen LogP contribution in [0.25, 0.3) is 22.4 Å². The summed E-state index contributed by atoms with van der Waals surface area (Å²) in [4.78, 5) is 19.4. The van der Waals surface area contributed by atoms with Crippen LogP contribution in [-0.4, -0.2) is 34.6 Å². The third-order valence-corrected chi connectivity index (χ3v) is 6.25. The first-order chi connectivity index (χ1) is 16.8. The lowest BCUT2D eigenvalue weighted by Crippen LogP contribution is -2.36. The highest BCUT2D eigenvalue weighted by Gasteiger charge is 2.20. The van der Waals surface area contributed by atoms with Crippen LogP contribution in [-0.2, 0) is 4.79 Å². The molecule has 1 aliphatic rings. The number of rotatable bonds is 5. The van der Waals surface area contributed by atoms with E-state index in [-0.39, 0.29) is 5.91 Å². The molecule has 1 saturated heterocycles. The monoisotopic (exact) mass is 473 g/mol. The number of piperidine rings is 1. The van der Waals surface area contributed by atoms with E-state index in [2.05, 4.69) is 6.07 Å². The zero-order valence-corrected chi connectivity index (χ0v) is 21.6. The minimum atomic E-state index is 0.122. The van der Waals surface area contributed by atoms with Crippen molar-refractivity contribution in [2.45, 2.75) is 52.0 Å². The van der Waals surface area contributed by atoms with Crippen molar-refractivity contribution < 1.29 is 4.79 Å². The van der Waals surface area contributed by atoms with Crippen molar-refractivity contribution >= 4 is 17.7 Å². The maximum absolute atomic E-state index is 12.7. The molecule has 1 aliphatic heterocycles. The van der Waals surface area contributed by atoms with Crippen LogP contribution in [0.1, 0.15) is 52.5 Å². The quantitative estimate of drug-likeness (QED) is 0.361. The number of hydrogen-bond acceptors (Lipinski definition) is 4. The molecule has 1 fully saturated rings. The molecule has 4 rings (SSSR count). The number of carbonyl (C=O) groups excluding carboxylic acids is 1. The summed E-state index contributed by atoms with van der Waals surface area (Å²) in [7, 11) is 0. The Balaban J connectivity index is 0.000000970. The average molecular weight is 474 g/mol. The lowest BCUT2D eigenvalue weighted by atomic mass is 9.99. The number of hydrogen-bond donors (Lipinski definition) is 0. The van der Waals surface area contributed by atoms with Crippen molar-refractivity contribution in [1.82, 2.24) is 9.88 Å². The molecule has 0 aliphatic carbocycles. The van der Waals surface area contributed by atoms with Gasteiger partial charge in [-0.1, -0.05) is 100 Å². The third-order valence-electron chi connectivity index (χ3n) is 5.29. The number of pyridine rings is 1. The van der Waals surface area contributed by atoms with Gasteiger partial charge in [-0.05, 0) is 30.9 Å². The molecule has 0 saturated carbocycles. The molecule has 3 aromatic rings. The minimum Gasteiger partial charge on any atom is -0.342 e. The van der Waals surface area contributed by atoms with Crippen LogP contribution in [0.15, 0.2) is 71.8 Å². The first-order valence-electron chi connectivity index (χ1n) is 12.2. The number of amides is 1. The Morgan fingerprint density at radius 3 is 2.03 bits per heavy atom. The fourth-order valence-corrected chi connectivity index (χ4v) is 4.61. The van der Waals surface area contributed by atoms with Gasteiger partial charge >= 0.3 is 0 Å². The van der Waals surface area contributed by atoms with Gasteiger partial charge in [0, 0.05) is 24.2 Å². The van der Waals surface area contributed by atoms with Crippen LogP contribution in [0.2, 0.25) is 0 Å². The Morgan fingerprint density at radius 2 is 1.47 bits per heavy atom. The van der Waals surface area contributed by atoms with Gasteiger partial charge in [0.05, 0.1) is 17.0 Å². The summed E-state index contributed by atoms with van der Waals surface area (Å²) in [6, 6.07) is 24.1. The van der Waals surface area contributed by atoms with E-state index in [9.17, 15) is 10.1 Å². The summed E-state index contributed by atoms with van der Waals surface area (Å²) < 4.78 is 0. The molecule has 0 atom stereocenters. The zero-order chi connectivity index (χ0) is 24.8. The Kier molecular flexibility index (Phi) is 11.9. The fraction of sp³-hybridized carbons (Fsp3) is 0.345. The summed E-state index contributed by atoms with van der Waals surface area (Å²) in [5, 5.41) is 10.6. The van der Waals surface area contributed by atoms with Gasteiger partial charge in [-0.25, -0.2) is 4.98 Å². The molecule has 34 heavy (non-hydrogen) atoms. The van der Waals surface area contributed by atoms with Crippen LogP contribution < -0.4 is 0 Å². The van der Waals surface area contributed by atoms with E-state index in [0.29, 0.717) is 16.3 Å². The molecule has 0 unspecified atom stereocenters. The second-order valence-corrected chi connectivity index (χ2v) is 8.27. The van der Waals surface area contributed by atoms with Crippen molar-refractivity contribution in [2.24, 2.45) is 0 Å². The predicted molar refractivity (Wildman–Crippen MR) is 144 cm³/mol. The summed E-state index contributed by atoms with van der Waals surface area (Å²) >= 11 is 1.37. The highest BCUT2D eigenvalue weighted by molar-refractivity contribution is 8.00. The molecule has 1 amide bonds. The molecule has 5 heteroatoms. The summed E-state index contributed by atoms with van der Waals surface area (Å²) in [5.41, 5.74) is 4.14.